The van der Waals surface area contributed by atoms with Crippen LogP contribution < -0.4 is 5.73 Å². The summed E-state index contributed by atoms with van der Waals surface area (Å²) in [7, 11) is 0. The average Bonchev–Trinajstić information content (AvgIpc) is 2.37. The summed E-state index contributed by atoms with van der Waals surface area (Å²) in [6.45, 7) is -0.00865. The Bertz CT molecular complexity index is 593. The number of nitrogens with zero attached hydrogens (tertiary/aromatic N) is 1. The summed E-state index contributed by atoms with van der Waals surface area (Å²) in [5, 5.41) is 0. The molecular weight excluding hydrogens is 260 g/mol. The molecule has 0 radical (unpaired) electrons. The highest BCUT2D eigenvalue weighted by Crippen LogP contribution is 2.36. The largest absolute Gasteiger partial charge is 0.417 e. The van der Waals surface area contributed by atoms with Crippen LogP contribution in [0, 0.1) is 5.82 Å². The van der Waals surface area contributed by atoms with Gasteiger partial charge in [0.25, 0.3) is 0 Å². The SMILES string of the molecule is NCc1ccc(-c2cnccc2C(F)(F)F)cc1F. The van der Waals surface area contributed by atoms with Gasteiger partial charge in [-0.25, -0.2) is 4.39 Å². The third-order valence-electron chi connectivity index (χ3n) is 2.71. The van der Waals surface area contributed by atoms with E-state index in [1.54, 1.807) is 0 Å². The zero-order chi connectivity index (χ0) is 14.0. The number of halogens is 4. The minimum Gasteiger partial charge on any atom is -0.326 e. The molecule has 2 nitrogen and oxygen atoms in total. The molecule has 0 saturated carbocycles. The second kappa shape index (κ2) is 4.97. The highest BCUT2D eigenvalue weighted by atomic mass is 19.4. The van der Waals surface area contributed by atoms with Gasteiger partial charge in [0, 0.05) is 30.1 Å². The van der Waals surface area contributed by atoms with Gasteiger partial charge in [-0.3, -0.25) is 4.98 Å². The monoisotopic (exact) mass is 270 g/mol. The Kier molecular flexibility index (Phi) is 3.53. The molecule has 1 aromatic carbocycles. The lowest BCUT2D eigenvalue weighted by atomic mass is 10.00. The first-order valence-electron chi connectivity index (χ1n) is 5.43. The Labute approximate surface area is 106 Å². The van der Waals surface area contributed by atoms with E-state index in [0.29, 0.717) is 0 Å². The van der Waals surface area contributed by atoms with Crippen molar-refractivity contribution >= 4 is 0 Å². The molecule has 2 N–H and O–H groups in total. The number of aromatic nitrogens is 1. The number of nitrogens with two attached hydrogens (primary N) is 1. The molecule has 6 heteroatoms. The number of rotatable bonds is 2. The fraction of sp³-hybridized carbons (Fsp3) is 0.154. The maximum absolute atomic E-state index is 13.6. The van der Waals surface area contributed by atoms with Gasteiger partial charge in [-0.05, 0) is 17.7 Å². The molecule has 1 aromatic heterocycles. The number of hydrogen-bond donors (Lipinski definition) is 1. The molecule has 0 aliphatic rings. The van der Waals surface area contributed by atoms with E-state index in [1.807, 2.05) is 0 Å². The molecule has 0 fully saturated rings. The van der Waals surface area contributed by atoms with Crippen molar-refractivity contribution in [2.45, 2.75) is 12.7 Å². The number of benzene rings is 1. The molecule has 1 heterocycles. The van der Waals surface area contributed by atoms with Gasteiger partial charge in [-0.1, -0.05) is 12.1 Å². The van der Waals surface area contributed by atoms with Gasteiger partial charge in [0.15, 0.2) is 0 Å². The normalized spacial score (nSPS) is 11.6. The van der Waals surface area contributed by atoms with Gasteiger partial charge in [0.2, 0.25) is 0 Å². The predicted octanol–water partition coefficient (Wildman–Crippen LogP) is 3.37. The molecule has 0 spiro atoms. The lowest BCUT2D eigenvalue weighted by molar-refractivity contribution is -0.137. The summed E-state index contributed by atoms with van der Waals surface area (Å²) in [5.74, 6) is -0.628. The smallest absolute Gasteiger partial charge is 0.326 e. The third kappa shape index (κ3) is 2.73. The van der Waals surface area contributed by atoms with Crippen LogP contribution in [0.5, 0.6) is 0 Å². The summed E-state index contributed by atoms with van der Waals surface area (Å²) >= 11 is 0. The van der Waals surface area contributed by atoms with Gasteiger partial charge in [0.05, 0.1) is 5.56 Å². The van der Waals surface area contributed by atoms with Gasteiger partial charge < -0.3 is 5.73 Å². The molecule has 100 valence electrons. The van der Waals surface area contributed by atoms with E-state index in [4.69, 9.17) is 5.73 Å². The third-order valence-corrected chi connectivity index (χ3v) is 2.71. The van der Waals surface area contributed by atoms with Gasteiger partial charge in [-0.15, -0.1) is 0 Å². The van der Waals surface area contributed by atoms with Crippen molar-refractivity contribution in [2.24, 2.45) is 5.73 Å². The summed E-state index contributed by atoms with van der Waals surface area (Å²) in [4.78, 5) is 3.66. The zero-order valence-corrected chi connectivity index (χ0v) is 9.71. The highest BCUT2D eigenvalue weighted by Gasteiger charge is 2.33. The van der Waals surface area contributed by atoms with Gasteiger partial charge in [-0.2, -0.15) is 13.2 Å². The first-order valence-corrected chi connectivity index (χ1v) is 5.43. The van der Waals surface area contributed by atoms with Crippen LogP contribution in [0.3, 0.4) is 0 Å². The molecule has 0 bridgehead atoms. The van der Waals surface area contributed by atoms with Gasteiger partial charge in [0.1, 0.15) is 5.82 Å². The Morgan fingerprint density at radius 3 is 2.47 bits per heavy atom. The van der Waals surface area contributed by atoms with Crippen LogP contribution in [0.25, 0.3) is 11.1 Å². The van der Waals surface area contributed by atoms with Crippen molar-refractivity contribution in [3.05, 3.63) is 53.6 Å². The molecule has 0 saturated heterocycles. The first-order chi connectivity index (χ1) is 8.93. The van der Waals surface area contributed by atoms with E-state index < -0.39 is 17.6 Å². The molecule has 0 amide bonds. The summed E-state index contributed by atoms with van der Waals surface area (Å²) in [6, 6.07) is 4.67. The fourth-order valence-corrected chi connectivity index (χ4v) is 1.75. The summed E-state index contributed by atoms with van der Waals surface area (Å²) < 4.78 is 52.1. The Morgan fingerprint density at radius 2 is 1.89 bits per heavy atom. The molecule has 0 aliphatic carbocycles. The highest BCUT2D eigenvalue weighted by molar-refractivity contribution is 5.67. The number of alkyl halides is 3. The van der Waals surface area contributed by atoms with Crippen molar-refractivity contribution in [2.75, 3.05) is 0 Å². The van der Waals surface area contributed by atoms with Crippen LogP contribution in [-0.4, -0.2) is 4.98 Å². The van der Waals surface area contributed by atoms with Crippen LogP contribution in [0.1, 0.15) is 11.1 Å². The van der Waals surface area contributed by atoms with E-state index in [9.17, 15) is 17.6 Å². The summed E-state index contributed by atoms with van der Waals surface area (Å²) in [6.07, 6.45) is -2.39. The van der Waals surface area contributed by atoms with Crippen molar-refractivity contribution < 1.29 is 17.6 Å². The zero-order valence-electron chi connectivity index (χ0n) is 9.71. The van der Waals surface area contributed by atoms with Gasteiger partial charge >= 0.3 is 6.18 Å². The second-order valence-corrected chi connectivity index (χ2v) is 3.93. The minimum atomic E-state index is -4.51. The Hall–Kier alpha value is -1.95. The first kappa shape index (κ1) is 13.5. The molecule has 2 rings (SSSR count). The molecule has 19 heavy (non-hydrogen) atoms. The number of pyridine rings is 1. The second-order valence-electron chi connectivity index (χ2n) is 3.93. The maximum atomic E-state index is 13.6. The molecule has 2 aromatic rings. The van der Waals surface area contributed by atoms with Crippen LogP contribution in [0.4, 0.5) is 17.6 Å². The van der Waals surface area contributed by atoms with E-state index in [-0.39, 0.29) is 23.2 Å². The van der Waals surface area contributed by atoms with Crippen molar-refractivity contribution in [3.63, 3.8) is 0 Å². The average molecular weight is 270 g/mol. The number of hydrogen-bond acceptors (Lipinski definition) is 2. The lowest BCUT2D eigenvalue weighted by Gasteiger charge is -2.12. The maximum Gasteiger partial charge on any atom is 0.417 e. The minimum absolute atomic E-state index is 0.00865. The topological polar surface area (TPSA) is 38.9 Å². The Balaban J connectivity index is 2.57. The van der Waals surface area contributed by atoms with Crippen molar-refractivity contribution in [3.8, 4) is 11.1 Å². The fourth-order valence-electron chi connectivity index (χ4n) is 1.75. The summed E-state index contributed by atoms with van der Waals surface area (Å²) in [5.41, 5.74) is 4.68. The van der Waals surface area contributed by atoms with Crippen LogP contribution >= 0.6 is 0 Å². The van der Waals surface area contributed by atoms with E-state index in [0.717, 1.165) is 24.5 Å². The Morgan fingerprint density at radius 1 is 1.16 bits per heavy atom. The standard InChI is InChI=1S/C13H10F4N2/c14-12-5-8(1-2-9(12)6-18)10-7-19-4-3-11(10)13(15,16)17/h1-5,7H,6,18H2. The van der Waals surface area contributed by atoms with Crippen LogP contribution in [0.2, 0.25) is 0 Å². The molecule has 0 unspecified atom stereocenters. The molecule has 0 atom stereocenters. The quantitative estimate of drug-likeness (QED) is 0.850. The lowest BCUT2D eigenvalue weighted by Crippen LogP contribution is -2.07. The molecular formula is C13H10F4N2. The predicted molar refractivity (Wildman–Crippen MR) is 62.5 cm³/mol. The van der Waals surface area contributed by atoms with E-state index in [1.165, 1.54) is 12.1 Å². The van der Waals surface area contributed by atoms with Crippen molar-refractivity contribution in [1.29, 1.82) is 0 Å². The van der Waals surface area contributed by atoms with E-state index >= 15 is 0 Å². The van der Waals surface area contributed by atoms with Crippen LogP contribution in [-0.2, 0) is 12.7 Å². The van der Waals surface area contributed by atoms with E-state index in [2.05, 4.69) is 4.98 Å². The van der Waals surface area contributed by atoms with Crippen molar-refractivity contribution in [1.82, 2.24) is 4.98 Å². The van der Waals surface area contributed by atoms with Crippen LogP contribution in [0.15, 0.2) is 36.7 Å². The molecule has 0 aliphatic heterocycles.